The number of carbonyl (C=O) groups is 1. The molecular formula is C18H14FN3O2. The summed E-state index contributed by atoms with van der Waals surface area (Å²) in [4.78, 5) is 28.7. The third kappa shape index (κ3) is 3.22. The molecule has 0 aliphatic heterocycles. The molecule has 1 N–H and O–H groups in total. The van der Waals surface area contributed by atoms with Crippen molar-refractivity contribution in [1.29, 1.82) is 0 Å². The predicted molar refractivity (Wildman–Crippen MR) is 88.9 cm³/mol. The zero-order valence-corrected chi connectivity index (χ0v) is 12.9. The van der Waals surface area contributed by atoms with Gasteiger partial charge in [-0.1, -0.05) is 17.7 Å². The Hall–Kier alpha value is -3.28. The van der Waals surface area contributed by atoms with Crippen molar-refractivity contribution in [2.24, 2.45) is 0 Å². The Balaban J connectivity index is 1.92. The molecule has 5 nitrogen and oxygen atoms in total. The fourth-order valence-electron chi connectivity index (χ4n) is 2.27. The summed E-state index contributed by atoms with van der Waals surface area (Å²) >= 11 is 0. The first-order valence-corrected chi connectivity index (χ1v) is 7.26. The van der Waals surface area contributed by atoms with Gasteiger partial charge in [0.1, 0.15) is 5.82 Å². The lowest BCUT2D eigenvalue weighted by Gasteiger charge is -2.09. The zero-order valence-electron chi connectivity index (χ0n) is 12.9. The van der Waals surface area contributed by atoms with Crippen LogP contribution in [0.25, 0.3) is 5.69 Å². The van der Waals surface area contributed by atoms with E-state index in [2.05, 4.69) is 10.3 Å². The molecule has 1 amide bonds. The number of nitrogens with zero attached hydrogens (tertiary/aromatic N) is 2. The minimum Gasteiger partial charge on any atom is -0.302 e. The number of aryl methyl sites for hydroxylation is 1. The first-order chi connectivity index (χ1) is 11.5. The Bertz CT molecular complexity index is 949. The maximum atomic E-state index is 13.0. The number of rotatable bonds is 3. The van der Waals surface area contributed by atoms with Gasteiger partial charge in [0.25, 0.3) is 11.5 Å². The molecule has 3 aromatic rings. The van der Waals surface area contributed by atoms with Gasteiger partial charge in [-0.15, -0.1) is 0 Å². The highest BCUT2D eigenvalue weighted by Gasteiger charge is 2.12. The van der Waals surface area contributed by atoms with E-state index in [1.165, 1.54) is 41.2 Å². The number of aromatic nitrogens is 2. The van der Waals surface area contributed by atoms with Gasteiger partial charge in [0.05, 0.1) is 0 Å². The van der Waals surface area contributed by atoms with Gasteiger partial charge in [-0.2, -0.15) is 0 Å². The van der Waals surface area contributed by atoms with Crippen molar-refractivity contribution in [3.05, 3.63) is 88.2 Å². The topological polar surface area (TPSA) is 64.0 Å². The fraction of sp³-hybridized carbons (Fsp3) is 0.0556. The molecule has 120 valence electrons. The minimum atomic E-state index is -0.495. The molecule has 0 saturated heterocycles. The monoisotopic (exact) mass is 323 g/mol. The first kappa shape index (κ1) is 15.6. The molecule has 6 heteroatoms. The molecule has 0 aliphatic carbocycles. The number of hydrogen-bond acceptors (Lipinski definition) is 3. The Morgan fingerprint density at radius 1 is 1.17 bits per heavy atom. The molecule has 24 heavy (non-hydrogen) atoms. The summed E-state index contributed by atoms with van der Waals surface area (Å²) in [6.45, 7) is 1.87. The van der Waals surface area contributed by atoms with Crippen molar-refractivity contribution in [2.75, 3.05) is 5.32 Å². The average molecular weight is 323 g/mol. The van der Waals surface area contributed by atoms with Crippen LogP contribution in [0.4, 0.5) is 10.2 Å². The molecular weight excluding hydrogens is 309 g/mol. The number of benzene rings is 2. The lowest BCUT2D eigenvalue weighted by Crippen LogP contribution is -2.26. The van der Waals surface area contributed by atoms with Crippen LogP contribution in [0, 0.1) is 12.7 Å². The standard InChI is InChI=1S/C18H14FN3O2/c1-12-3-2-4-13(11-12)17(23)21-16-18(24)22(10-9-20-16)15-7-5-14(19)6-8-15/h2-11H,1H3,(H,20,21,23). The third-order valence-corrected chi connectivity index (χ3v) is 3.46. The minimum absolute atomic E-state index is 0.0895. The van der Waals surface area contributed by atoms with Crippen molar-refractivity contribution >= 4 is 11.7 Å². The summed E-state index contributed by atoms with van der Waals surface area (Å²) in [6.07, 6.45) is 2.86. The highest BCUT2D eigenvalue weighted by Crippen LogP contribution is 2.09. The van der Waals surface area contributed by atoms with Crippen LogP contribution in [-0.4, -0.2) is 15.5 Å². The molecule has 2 aromatic carbocycles. The Kier molecular flexibility index (Phi) is 4.20. The van der Waals surface area contributed by atoms with Crippen LogP contribution in [0.2, 0.25) is 0 Å². The summed E-state index contributed by atoms with van der Waals surface area (Å²) in [5, 5.41) is 2.52. The van der Waals surface area contributed by atoms with Gasteiger partial charge in [-0.25, -0.2) is 9.37 Å². The van der Waals surface area contributed by atoms with Crippen LogP contribution in [0.5, 0.6) is 0 Å². The van der Waals surface area contributed by atoms with E-state index in [4.69, 9.17) is 0 Å². The molecule has 0 spiro atoms. The van der Waals surface area contributed by atoms with Gasteiger partial charge >= 0.3 is 0 Å². The zero-order chi connectivity index (χ0) is 17.1. The molecule has 0 atom stereocenters. The second-order valence-corrected chi connectivity index (χ2v) is 5.25. The molecule has 0 unspecified atom stereocenters. The van der Waals surface area contributed by atoms with Gasteiger partial charge in [-0.05, 0) is 43.3 Å². The van der Waals surface area contributed by atoms with Gasteiger partial charge < -0.3 is 5.32 Å². The van der Waals surface area contributed by atoms with E-state index in [0.717, 1.165) is 5.56 Å². The Morgan fingerprint density at radius 2 is 1.92 bits per heavy atom. The smallest absolute Gasteiger partial charge is 0.298 e. The largest absolute Gasteiger partial charge is 0.302 e. The summed E-state index contributed by atoms with van der Waals surface area (Å²) in [5.74, 6) is -0.901. The maximum absolute atomic E-state index is 13.0. The quantitative estimate of drug-likeness (QED) is 0.806. The number of hydrogen-bond donors (Lipinski definition) is 1. The molecule has 3 rings (SSSR count). The number of anilines is 1. The van der Waals surface area contributed by atoms with Gasteiger partial charge in [0, 0.05) is 23.6 Å². The summed E-state index contributed by atoms with van der Waals surface area (Å²) in [5.41, 5.74) is 1.36. The van der Waals surface area contributed by atoms with Crippen LogP contribution in [-0.2, 0) is 0 Å². The molecule has 0 fully saturated rings. The van der Waals surface area contributed by atoms with E-state index in [0.29, 0.717) is 11.3 Å². The number of halogens is 1. The first-order valence-electron chi connectivity index (χ1n) is 7.26. The van der Waals surface area contributed by atoms with Crippen molar-refractivity contribution in [1.82, 2.24) is 9.55 Å². The number of nitrogens with one attached hydrogen (secondary N) is 1. The van der Waals surface area contributed by atoms with Crippen molar-refractivity contribution in [2.45, 2.75) is 6.92 Å². The van der Waals surface area contributed by atoms with Crippen molar-refractivity contribution in [3.8, 4) is 5.69 Å². The van der Waals surface area contributed by atoms with Gasteiger partial charge in [0.15, 0.2) is 5.82 Å². The van der Waals surface area contributed by atoms with Crippen LogP contribution >= 0.6 is 0 Å². The second kappa shape index (κ2) is 6.45. The van der Waals surface area contributed by atoms with Crippen LogP contribution < -0.4 is 10.9 Å². The van der Waals surface area contributed by atoms with E-state index >= 15 is 0 Å². The fourth-order valence-corrected chi connectivity index (χ4v) is 2.27. The molecule has 1 aromatic heterocycles. The normalized spacial score (nSPS) is 10.4. The molecule has 0 saturated carbocycles. The Morgan fingerprint density at radius 3 is 2.62 bits per heavy atom. The van der Waals surface area contributed by atoms with E-state index in [1.807, 2.05) is 13.0 Å². The van der Waals surface area contributed by atoms with Gasteiger partial charge in [0.2, 0.25) is 0 Å². The maximum Gasteiger partial charge on any atom is 0.298 e. The highest BCUT2D eigenvalue weighted by molar-refractivity contribution is 6.03. The molecule has 0 radical (unpaired) electrons. The van der Waals surface area contributed by atoms with Gasteiger partial charge in [-0.3, -0.25) is 14.2 Å². The van der Waals surface area contributed by atoms with E-state index in [9.17, 15) is 14.0 Å². The predicted octanol–water partition coefficient (Wildman–Crippen LogP) is 2.93. The van der Waals surface area contributed by atoms with E-state index in [1.54, 1.807) is 18.2 Å². The second-order valence-electron chi connectivity index (χ2n) is 5.25. The van der Waals surface area contributed by atoms with E-state index in [-0.39, 0.29) is 5.82 Å². The average Bonchev–Trinajstić information content (AvgIpc) is 2.58. The number of carbonyl (C=O) groups excluding carboxylic acids is 1. The van der Waals surface area contributed by atoms with Crippen molar-refractivity contribution < 1.29 is 9.18 Å². The molecule has 0 bridgehead atoms. The van der Waals surface area contributed by atoms with E-state index < -0.39 is 17.3 Å². The summed E-state index contributed by atoms with van der Waals surface area (Å²) in [6, 6.07) is 12.5. The third-order valence-electron chi connectivity index (χ3n) is 3.46. The van der Waals surface area contributed by atoms with Crippen LogP contribution in [0.15, 0.2) is 65.7 Å². The summed E-state index contributed by atoms with van der Waals surface area (Å²) in [7, 11) is 0. The lowest BCUT2D eigenvalue weighted by atomic mass is 10.1. The molecule has 0 aliphatic rings. The lowest BCUT2D eigenvalue weighted by molar-refractivity contribution is 0.102. The summed E-state index contributed by atoms with van der Waals surface area (Å²) < 4.78 is 14.3. The Labute approximate surface area is 137 Å². The van der Waals surface area contributed by atoms with Crippen LogP contribution in [0.1, 0.15) is 15.9 Å². The molecule has 1 heterocycles. The number of amides is 1. The SMILES string of the molecule is Cc1cccc(C(=O)Nc2nccn(-c3ccc(F)cc3)c2=O)c1. The van der Waals surface area contributed by atoms with Crippen LogP contribution in [0.3, 0.4) is 0 Å². The van der Waals surface area contributed by atoms with Crippen molar-refractivity contribution in [3.63, 3.8) is 0 Å². The highest BCUT2D eigenvalue weighted by atomic mass is 19.1.